The van der Waals surface area contributed by atoms with Crippen LogP contribution in [0, 0.1) is 5.92 Å². The average molecular weight is 261 g/mol. The van der Waals surface area contributed by atoms with E-state index >= 15 is 0 Å². The van der Waals surface area contributed by atoms with Gasteiger partial charge >= 0.3 is 0 Å². The molecule has 0 saturated heterocycles. The first kappa shape index (κ1) is 14.3. The lowest BCUT2D eigenvalue weighted by molar-refractivity contribution is 0.529. The third-order valence-electron chi connectivity index (χ3n) is 3.88. The molecule has 2 N–H and O–H groups in total. The Kier molecular flexibility index (Phi) is 5.20. The van der Waals surface area contributed by atoms with Gasteiger partial charge in [0.1, 0.15) is 5.82 Å². The number of hydrogen-bond donors (Lipinski definition) is 1. The van der Waals surface area contributed by atoms with Crippen molar-refractivity contribution in [1.29, 1.82) is 0 Å². The molecule has 0 atom stereocenters. The molecule has 3 heteroatoms. The van der Waals surface area contributed by atoms with Gasteiger partial charge in [-0.3, -0.25) is 0 Å². The quantitative estimate of drug-likeness (QED) is 0.856. The highest BCUT2D eigenvalue weighted by Gasteiger charge is 2.25. The molecular weight excluding hydrogens is 234 g/mol. The van der Waals surface area contributed by atoms with Crippen LogP contribution >= 0.6 is 0 Å². The fourth-order valence-electron chi connectivity index (χ4n) is 3.06. The molecule has 2 rings (SSSR count). The zero-order valence-electron chi connectivity index (χ0n) is 12.3. The molecule has 0 spiro atoms. The van der Waals surface area contributed by atoms with Crippen LogP contribution < -0.4 is 10.6 Å². The van der Waals surface area contributed by atoms with Gasteiger partial charge in [-0.1, -0.05) is 32.8 Å². The molecule has 1 saturated carbocycles. The molecule has 19 heavy (non-hydrogen) atoms. The molecular formula is C16H27N3. The number of rotatable bonds is 6. The molecule has 0 amide bonds. The average Bonchev–Trinajstić information content (AvgIpc) is 2.91. The van der Waals surface area contributed by atoms with E-state index < -0.39 is 0 Å². The highest BCUT2D eigenvalue weighted by atomic mass is 15.2. The largest absolute Gasteiger partial charge is 0.353 e. The first-order valence-electron chi connectivity index (χ1n) is 7.63. The Morgan fingerprint density at radius 3 is 2.74 bits per heavy atom. The maximum absolute atomic E-state index is 5.74. The Morgan fingerprint density at radius 1 is 1.37 bits per heavy atom. The van der Waals surface area contributed by atoms with Crippen molar-refractivity contribution >= 4 is 5.82 Å². The smallest absolute Gasteiger partial charge is 0.132 e. The van der Waals surface area contributed by atoms with Gasteiger partial charge in [-0.25, -0.2) is 4.98 Å². The maximum atomic E-state index is 5.74. The summed E-state index contributed by atoms with van der Waals surface area (Å²) >= 11 is 0. The third kappa shape index (κ3) is 3.69. The second-order valence-electron chi connectivity index (χ2n) is 6.01. The van der Waals surface area contributed by atoms with Gasteiger partial charge in [-0.2, -0.15) is 0 Å². The molecule has 1 aliphatic rings. The van der Waals surface area contributed by atoms with E-state index in [4.69, 9.17) is 5.73 Å². The SMILES string of the molecule is CC(C)CN(c1ncccc1CCN)C1CCCC1. The predicted molar refractivity (Wildman–Crippen MR) is 81.4 cm³/mol. The summed E-state index contributed by atoms with van der Waals surface area (Å²) in [4.78, 5) is 7.21. The van der Waals surface area contributed by atoms with Crippen molar-refractivity contribution in [3.8, 4) is 0 Å². The number of nitrogens with two attached hydrogens (primary N) is 1. The second kappa shape index (κ2) is 6.90. The van der Waals surface area contributed by atoms with Gasteiger partial charge in [0.25, 0.3) is 0 Å². The number of hydrogen-bond acceptors (Lipinski definition) is 3. The zero-order valence-corrected chi connectivity index (χ0v) is 12.3. The number of nitrogens with zero attached hydrogens (tertiary/aromatic N) is 2. The van der Waals surface area contributed by atoms with Crippen LogP contribution in [0.2, 0.25) is 0 Å². The van der Waals surface area contributed by atoms with Crippen LogP contribution in [0.1, 0.15) is 45.1 Å². The Balaban J connectivity index is 2.25. The lowest BCUT2D eigenvalue weighted by Gasteiger charge is -2.33. The van der Waals surface area contributed by atoms with E-state index in [9.17, 15) is 0 Å². The fourth-order valence-corrected chi connectivity index (χ4v) is 3.06. The first-order chi connectivity index (χ1) is 9.22. The number of anilines is 1. The highest BCUT2D eigenvalue weighted by molar-refractivity contribution is 5.48. The summed E-state index contributed by atoms with van der Waals surface area (Å²) in [5.74, 6) is 1.84. The minimum atomic E-state index is 0.660. The topological polar surface area (TPSA) is 42.2 Å². The maximum Gasteiger partial charge on any atom is 0.132 e. The van der Waals surface area contributed by atoms with Crippen LogP contribution in [0.5, 0.6) is 0 Å². The minimum absolute atomic E-state index is 0.660. The van der Waals surface area contributed by atoms with Crippen LogP contribution in [0.15, 0.2) is 18.3 Å². The lowest BCUT2D eigenvalue weighted by atomic mass is 10.1. The monoisotopic (exact) mass is 261 g/mol. The van der Waals surface area contributed by atoms with E-state index in [1.54, 1.807) is 0 Å². The van der Waals surface area contributed by atoms with Gasteiger partial charge in [-0.05, 0) is 43.4 Å². The van der Waals surface area contributed by atoms with Crippen molar-refractivity contribution in [2.75, 3.05) is 18.0 Å². The first-order valence-corrected chi connectivity index (χ1v) is 7.63. The Morgan fingerprint density at radius 2 is 2.11 bits per heavy atom. The van der Waals surface area contributed by atoms with Gasteiger partial charge in [0.05, 0.1) is 0 Å². The number of aromatic nitrogens is 1. The van der Waals surface area contributed by atoms with Crippen molar-refractivity contribution < 1.29 is 0 Å². The van der Waals surface area contributed by atoms with Crippen LogP contribution in [0.25, 0.3) is 0 Å². The lowest BCUT2D eigenvalue weighted by Crippen LogP contribution is -2.37. The molecule has 1 aromatic heterocycles. The van der Waals surface area contributed by atoms with Crippen LogP contribution in [-0.2, 0) is 6.42 Å². The Labute approximate surface area is 117 Å². The summed E-state index contributed by atoms with van der Waals surface area (Å²) in [6, 6.07) is 4.88. The molecule has 1 heterocycles. The van der Waals surface area contributed by atoms with E-state index in [0.717, 1.165) is 13.0 Å². The van der Waals surface area contributed by atoms with E-state index in [-0.39, 0.29) is 0 Å². The van der Waals surface area contributed by atoms with Crippen molar-refractivity contribution in [2.45, 2.75) is 52.0 Å². The molecule has 0 radical (unpaired) electrons. The zero-order chi connectivity index (χ0) is 13.7. The predicted octanol–water partition coefficient (Wildman–Crippen LogP) is 2.99. The van der Waals surface area contributed by atoms with Gasteiger partial charge in [0.15, 0.2) is 0 Å². The second-order valence-corrected chi connectivity index (χ2v) is 6.01. The van der Waals surface area contributed by atoms with Gasteiger partial charge in [0, 0.05) is 18.8 Å². The Hall–Kier alpha value is -1.09. The normalized spacial score (nSPS) is 16.2. The molecule has 0 aromatic carbocycles. The Bertz CT molecular complexity index is 383. The molecule has 0 aliphatic heterocycles. The summed E-state index contributed by atoms with van der Waals surface area (Å²) in [6.07, 6.45) is 8.18. The van der Waals surface area contributed by atoms with E-state index in [1.807, 2.05) is 12.3 Å². The van der Waals surface area contributed by atoms with Crippen LogP contribution in [0.4, 0.5) is 5.82 Å². The van der Waals surface area contributed by atoms with Crippen LogP contribution in [0.3, 0.4) is 0 Å². The molecule has 1 aliphatic carbocycles. The van der Waals surface area contributed by atoms with E-state index in [1.165, 1.54) is 37.1 Å². The van der Waals surface area contributed by atoms with E-state index in [0.29, 0.717) is 18.5 Å². The molecule has 0 unspecified atom stereocenters. The summed E-state index contributed by atoms with van der Waals surface area (Å²) in [5, 5.41) is 0. The van der Waals surface area contributed by atoms with Crippen LogP contribution in [-0.4, -0.2) is 24.1 Å². The molecule has 106 valence electrons. The third-order valence-corrected chi connectivity index (χ3v) is 3.88. The van der Waals surface area contributed by atoms with Gasteiger partial charge in [0.2, 0.25) is 0 Å². The highest BCUT2D eigenvalue weighted by Crippen LogP contribution is 2.29. The molecule has 3 nitrogen and oxygen atoms in total. The van der Waals surface area contributed by atoms with E-state index in [2.05, 4.69) is 29.8 Å². The van der Waals surface area contributed by atoms with Crippen molar-refractivity contribution in [1.82, 2.24) is 4.98 Å². The summed E-state index contributed by atoms with van der Waals surface area (Å²) in [6.45, 7) is 6.36. The summed E-state index contributed by atoms with van der Waals surface area (Å²) in [7, 11) is 0. The minimum Gasteiger partial charge on any atom is -0.353 e. The molecule has 0 bridgehead atoms. The molecule has 1 fully saturated rings. The summed E-state index contributed by atoms with van der Waals surface area (Å²) in [5.41, 5.74) is 7.04. The van der Waals surface area contributed by atoms with Gasteiger partial charge in [-0.15, -0.1) is 0 Å². The summed E-state index contributed by atoms with van der Waals surface area (Å²) < 4.78 is 0. The van der Waals surface area contributed by atoms with Gasteiger partial charge < -0.3 is 10.6 Å². The standard InChI is InChI=1S/C16H27N3/c1-13(2)12-19(15-7-3-4-8-15)16-14(9-10-17)6-5-11-18-16/h5-6,11,13,15H,3-4,7-10,12,17H2,1-2H3. The van der Waals surface area contributed by atoms with Crippen molar-refractivity contribution in [2.24, 2.45) is 11.7 Å². The molecule has 1 aromatic rings. The van der Waals surface area contributed by atoms with Crippen molar-refractivity contribution in [3.63, 3.8) is 0 Å². The fraction of sp³-hybridized carbons (Fsp3) is 0.688. The van der Waals surface area contributed by atoms with Crippen molar-refractivity contribution in [3.05, 3.63) is 23.9 Å². The number of pyridine rings is 1.